The maximum absolute atomic E-state index is 13.4. The minimum absolute atomic E-state index is 0.0553. The Morgan fingerprint density at radius 2 is 1.95 bits per heavy atom. The van der Waals surface area contributed by atoms with Crippen LogP contribution in [-0.2, 0) is 9.05 Å². The minimum atomic E-state index is -4.15. The topological polar surface area (TPSA) is 63.2 Å². The smallest absolute Gasteiger partial charge is 0.262 e. The first-order chi connectivity index (χ1) is 8.92. The van der Waals surface area contributed by atoms with E-state index in [9.17, 15) is 17.6 Å². The highest BCUT2D eigenvalue weighted by molar-refractivity contribution is 9.10. The van der Waals surface area contributed by atoms with Gasteiger partial charge in [0.1, 0.15) is 10.7 Å². The predicted molar refractivity (Wildman–Crippen MR) is 78.9 cm³/mol. The summed E-state index contributed by atoms with van der Waals surface area (Å²) >= 11 is 2.98. The largest absolute Gasteiger partial charge is 0.351 e. The standard InChI is InChI=1S/C12H14BrClFNO3S/c1-12(2,3)6-16-11(17)8-4-7(15)5-9(10(8)13)20(14,18)19/h4-5H,6H2,1-3H3,(H,16,17). The van der Waals surface area contributed by atoms with Crippen LogP contribution in [0.25, 0.3) is 0 Å². The van der Waals surface area contributed by atoms with E-state index in [1.165, 1.54) is 0 Å². The van der Waals surface area contributed by atoms with Gasteiger partial charge in [-0.3, -0.25) is 4.79 Å². The van der Waals surface area contributed by atoms with Gasteiger partial charge in [0.2, 0.25) is 0 Å². The maximum Gasteiger partial charge on any atom is 0.262 e. The lowest BCUT2D eigenvalue weighted by Gasteiger charge is -2.19. The van der Waals surface area contributed by atoms with Crippen molar-refractivity contribution in [1.29, 1.82) is 0 Å². The van der Waals surface area contributed by atoms with Gasteiger partial charge < -0.3 is 5.32 Å². The van der Waals surface area contributed by atoms with Gasteiger partial charge in [-0.05, 0) is 33.5 Å². The van der Waals surface area contributed by atoms with Crippen molar-refractivity contribution in [2.45, 2.75) is 25.7 Å². The number of hydrogen-bond acceptors (Lipinski definition) is 3. The summed E-state index contributed by atoms with van der Waals surface area (Å²) in [6.07, 6.45) is 0. The van der Waals surface area contributed by atoms with E-state index in [4.69, 9.17) is 10.7 Å². The summed E-state index contributed by atoms with van der Waals surface area (Å²) in [7, 11) is 1.06. The second-order valence-corrected chi connectivity index (χ2v) is 8.77. The molecule has 0 fully saturated rings. The van der Waals surface area contributed by atoms with E-state index in [-0.39, 0.29) is 15.5 Å². The molecule has 4 nitrogen and oxygen atoms in total. The minimum Gasteiger partial charge on any atom is -0.351 e. The number of benzene rings is 1. The Hall–Kier alpha value is -0.660. The Labute approximate surface area is 130 Å². The molecule has 1 aromatic rings. The van der Waals surface area contributed by atoms with Crippen molar-refractivity contribution >= 4 is 41.6 Å². The van der Waals surface area contributed by atoms with Crippen molar-refractivity contribution < 1.29 is 17.6 Å². The van der Waals surface area contributed by atoms with Gasteiger partial charge in [0, 0.05) is 17.2 Å². The van der Waals surface area contributed by atoms with E-state index in [0.29, 0.717) is 6.54 Å². The van der Waals surface area contributed by atoms with E-state index >= 15 is 0 Å². The first-order valence-electron chi connectivity index (χ1n) is 5.64. The number of amides is 1. The van der Waals surface area contributed by atoms with E-state index in [2.05, 4.69) is 21.2 Å². The zero-order chi connectivity index (χ0) is 15.7. The number of halogens is 3. The third kappa shape index (κ3) is 4.71. The first-order valence-corrected chi connectivity index (χ1v) is 8.74. The van der Waals surface area contributed by atoms with Gasteiger partial charge in [0.05, 0.1) is 10.0 Å². The average molecular weight is 387 g/mol. The molecule has 112 valence electrons. The van der Waals surface area contributed by atoms with Crippen LogP contribution in [0, 0.1) is 11.2 Å². The van der Waals surface area contributed by atoms with E-state index in [1.807, 2.05) is 20.8 Å². The van der Waals surface area contributed by atoms with Crippen LogP contribution in [0.4, 0.5) is 4.39 Å². The van der Waals surface area contributed by atoms with Crippen LogP contribution < -0.4 is 5.32 Å². The van der Waals surface area contributed by atoms with E-state index in [0.717, 1.165) is 12.1 Å². The fourth-order valence-electron chi connectivity index (χ4n) is 1.35. The van der Waals surface area contributed by atoms with Crippen LogP contribution in [0.3, 0.4) is 0 Å². The van der Waals surface area contributed by atoms with Crippen molar-refractivity contribution in [3.8, 4) is 0 Å². The molecule has 1 aromatic carbocycles. The van der Waals surface area contributed by atoms with Crippen LogP contribution in [-0.4, -0.2) is 20.9 Å². The summed E-state index contributed by atoms with van der Waals surface area (Å²) in [5.41, 5.74) is -0.273. The van der Waals surface area contributed by atoms with Gasteiger partial charge in [-0.15, -0.1) is 0 Å². The molecule has 0 atom stereocenters. The number of hydrogen-bond donors (Lipinski definition) is 1. The molecule has 1 amide bonds. The van der Waals surface area contributed by atoms with Crippen molar-refractivity contribution in [3.63, 3.8) is 0 Å². The van der Waals surface area contributed by atoms with Gasteiger partial charge in [0.25, 0.3) is 15.0 Å². The predicted octanol–water partition coefficient (Wildman–Crippen LogP) is 3.29. The molecular weight excluding hydrogens is 373 g/mol. The van der Waals surface area contributed by atoms with Crippen LogP contribution in [0.1, 0.15) is 31.1 Å². The van der Waals surface area contributed by atoms with Crippen LogP contribution in [0.2, 0.25) is 0 Å². The Morgan fingerprint density at radius 3 is 2.40 bits per heavy atom. The summed E-state index contributed by atoms with van der Waals surface area (Å²) in [5.74, 6) is -1.43. The lowest BCUT2D eigenvalue weighted by Crippen LogP contribution is -2.32. The molecule has 0 saturated heterocycles. The molecule has 0 aliphatic carbocycles. The SMILES string of the molecule is CC(C)(C)CNC(=O)c1cc(F)cc(S(=O)(=O)Cl)c1Br. The second kappa shape index (κ2) is 5.99. The van der Waals surface area contributed by atoms with Gasteiger partial charge in [-0.25, -0.2) is 12.8 Å². The summed E-state index contributed by atoms with van der Waals surface area (Å²) in [4.78, 5) is 11.5. The van der Waals surface area contributed by atoms with Gasteiger partial charge in [-0.2, -0.15) is 0 Å². The highest BCUT2D eigenvalue weighted by atomic mass is 79.9. The Kier molecular flexibility index (Phi) is 5.21. The van der Waals surface area contributed by atoms with Crippen molar-refractivity contribution in [3.05, 3.63) is 28.0 Å². The Balaban J connectivity index is 3.20. The normalized spacial score (nSPS) is 12.3. The molecular formula is C12H14BrClFNO3S. The third-order valence-electron chi connectivity index (χ3n) is 2.29. The second-order valence-electron chi connectivity index (χ2n) is 5.45. The zero-order valence-corrected chi connectivity index (χ0v) is 14.3. The van der Waals surface area contributed by atoms with Gasteiger partial charge in [0.15, 0.2) is 0 Å². The summed E-state index contributed by atoms with van der Waals surface area (Å²) in [5, 5.41) is 2.61. The van der Waals surface area contributed by atoms with Crippen molar-refractivity contribution in [1.82, 2.24) is 5.32 Å². The number of nitrogens with one attached hydrogen (secondary N) is 1. The highest BCUT2D eigenvalue weighted by Gasteiger charge is 2.23. The molecule has 0 aliphatic heterocycles. The Morgan fingerprint density at radius 1 is 1.40 bits per heavy atom. The van der Waals surface area contributed by atoms with Gasteiger partial charge >= 0.3 is 0 Å². The quantitative estimate of drug-likeness (QED) is 0.811. The monoisotopic (exact) mass is 385 g/mol. The summed E-state index contributed by atoms with van der Waals surface area (Å²) < 4.78 is 36.1. The van der Waals surface area contributed by atoms with Crippen molar-refractivity contribution in [2.75, 3.05) is 6.54 Å². The lowest BCUT2D eigenvalue weighted by molar-refractivity contribution is 0.0938. The van der Waals surface area contributed by atoms with Gasteiger partial charge in [-0.1, -0.05) is 20.8 Å². The molecule has 0 bridgehead atoms. The third-order valence-corrected chi connectivity index (χ3v) is 4.75. The summed E-state index contributed by atoms with van der Waals surface area (Å²) in [6, 6.07) is 1.71. The fourth-order valence-corrected chi connectivity index (χ4v) is 3.62. The van der Waals surface area contributed by atoms with E-state index < -0.39 is 25.7 Å². The molecule has 0 radical (unpaired) electrons. The molecule has 20 heavy (non-hydrogen) atoms. The van der Waals surface area contributed by atoms with Crippen LogP contribution in [0.15, 0.2) is 21.5 Å². The lowest BCUT2D eigenvalue weighted by atomic mass is 9.97. The molecule has 0 saturated carbocycles. The van der Waals surface area contributed by atoms with Crippen LogP contribution >= 0.6 is 26.6 Å². The maximum atomic E-state index is 13.4. The highest BCUT2D eigenvalue weighted by Crippen LogP contribution is 2.29. The molecule has 0 heterocycles. The first kappa shape index (κ1) is 17.4. The molecule has 0 aliphatic rings. The average Bonchev–Trinajstić information content (AvgIpc) is 2.26. The number of carbonyl (C=O) groups is 1. The van der Waals surface area contributed by atoms with E-state index in [1.54, 1.807) is 0 Å². The Bertz CT molecular complexity index is 641. The molecule has 0 spiro atoms. The number of carbonyl (C=O) groups excluding carboxylic acids is 1. The number of rotatable bonds is 3. The molecule has 0 aromatic heterocycles. The molecule has 1 rings (SSSR count). The fraction of sp³-hybridized carbons (Fsp3) is 0.417. The van der Waals surface area contributed by atoms with Crippen LogP contribution in [0.5, 0.6) is 0 Å². The molecule has 1 N–H and O–H groups in total. The zero-order valence-electron chi connectivity index (χ0n) is 11.1. The summed E-state index contributed by atoms with van der Waals surface area (Å²) in [6.45, 7) is 6.12. The van der Waals surface area contributed by atoms with Crippen molar-refractivity contribution in [2.24, 2.45) is 5.41 Å². The molecule has 0 unspecified atom stereocenters. The molecule has 8 heteroatoms.